The summed E-state index contributed by atoms with van der Waals surface area (Å²) < 4.78 is 22.5. The molecular formula is C13H14FIN2OS. The summed E-state index contributed by atoms with van der Waals surface area (Å²) in [5.74, 6) is -0.197. The van der Waals surface area contributed by atoms with E-state index in [-0.39, 0.29) is 11.9 Å². The largest absolute Gasteiger partial charge is 0.381 e. The van der Waals surface area contributed by atoms with Crippen LogP contribution in [0.3, 0.4) is 0 Å². The van der Waals surface area contributed by atoms with Gasteiger partial charge < -0.3 is 14.3 Å². The van der Waals surface area contributed by atoms with E-state index in [1.54, 1.807) is 19.2 Å². The minimum atomic E-state index is -0.197. The van der Waals surface area contributed by atoms with Crippen LogP contribution in [0.2, 0.25) is 0 Å². The van der Waals surface area contributed by atoms with Crippen molar-refractivity contribution in [3.05, 3.63) is 26.3 Å². The number of aromatic amines is 1. The molecule has 1 aliphatic rings. The number of imidazole rings is 1. The molecule has 0 radical (unpaired) electrons. The van der Waals surface area contributed by atoms with Gasteiger partial charge in [-0.15, -0.1) is 0 Å². The van der Waals surface area contributed by atoms with Crippen LogP contribution >= 0.6 is 34.8 Å². The quantitative estimate of drug-likeness (QED) is 0.614. The summed E-state index contributed by atoms with van der Waals surface area (Å²) >= 11 is 7.39. The number of aromatic nitrogens is 2. The van der Waals surface area contributed by atoms with Gasteiger partial charge in [-0.2, -0.15) is 0 Å². The van der Waals surface area contributed by atoms with Crippen molar-refractivity contribution in [2.75, 3.05) is 7.11 Å². The van der Waals surface area contributed by atoms with Gasteiger partial charge in [0.15, 0.2) is 4.77 Å². The zero-order valence-corrected chi connectivity index (χ0v) is 13.4. The third-order valence-electron chi connectivity index (χ3n) is 3.81. The predicted octanol–water partition coefficient (Wildman–Crippen LogP) is 4.18. The zero-order valence-electron chi connectivity index (χ0n) is 10.5. The van der Waals surface area contributed by atoms with Crippen LogP contribution in [0.1, 0.15) is 25.3 Å². The Labute approximate surface area is 129 Å². The molecule has 3 rings (SSSR count). The highest BCUT2D eigenvalue weighted by molar-refractivity contribution is 14.1. The van der Waals surface area contributed by atoms with Gasteiger partial charge in [0.1, 0.15) is 5.82 Å². The molecule has 0 spiro atoms. The number of nitrogens with one attached hydrogen (secondary N) is 1. The lowest BCUT2D eigenvalue weighted by atomic mass is 10.2. The van der Waals surface area contributed by atoms with Gasteiger partial charge in [-0.1, -0.05) is 0 Å². The van der Waals surface area contributed by atoms with E-state index < -0.39 is 0 Å². The third kappa shape index (κ3) is 2.34. The van der Waals surface area contributed by atoms with E-state index >= 15 is 0 Å². The highest BCUT2D eigenvalue weighted by Crippen LogP contribution is 2.34. The molecule has 2 atom stereocenters. The summed E-state index contributed by atoms with van der Waals surface area (Å²) in [6.45, 7) is 0. The molecular weight excluding hydrogens is 378 g/mol. The van der Waals surface area contributed by atoms with Crippen molar-refractivity contribution < 1.29 is 9.13 Å². The van der Waals surface area contributed by atoms with E-state index in [1.807, 2.05) is 27.2 Å². The van der Waals surface area contributed by atoms with Gasteiger partial charge in [0.05, 0.1) is 20.7 Å². The first-order chi connectivity index (χ1) is 9.10. The summed E-state index contributed by atoms with van der Waals surface area (Å²) in [5.41, 5.74) is 1.75. The van der Waals surface area contributed by atoms with E-state index in [2.05, 4.69) is 4.98 Å². The Balaban J connectivity index is 2.11. The minimum absolute atomic E-state index is 0.197. The smallest absolute Gasteiger partial charge is 0.178 e. The Kier molecular flexibility index (Phi) is 3.65. The predicted molar refractivity (Wildman–Crippen MR) is 83.5 cm³/mol. The number of ether oxygens (including phenoxy) is 1. The number of hydrogen-bond donors (Lipinski definition) is 1. The number of methoxy groups -OCH3 is 1. The lowest BCUT2D eigenvalue weighted by Gasteiger charge is -2.13. The second-order valence-corrected chi connectivity index (χ2v) is 6.46. The second kappa shape index (κ2) is 5.14. The van der Waals surface area contributed by atoms with Crippen molar-refractivity contribution in [1.82, 2.24) is 9.55 Å². The number of H-pyrrole nitrogens is 1. The van der Waals surface area contributed by atoms with Crippen LogP contribution < -0.4 is 0 Å². The molecule has 1 N–H and O–H groups in total. The number of halogens is 2. The molecule has 1 aromatic carbocycles. The molecule has 3 nitrogen and oxygen atoms in total. The first-order valence-electron chi connectivity index (χ1n) is 6.22. The van der Waals surface area contributed by atoms with Gasteiger partial charge in [-0.3, -0.25) is 0 Å². The van der Waals surface area contributed by atoms with E-state index in [0.717, 1.165) is 30.3 Å². The van der Waals surface area contributed by atoms with Crippen molar-refractivity contribution in [2.24, 2.45) is 0 Å². The molecule has 0 saturated heterocycles. The van der Waals surface area contributed by atoms with Crippen LogP contribution in [0.15, 0.2) is 12.1 Å². The molecule has 1 aromatic heterocycles. The number of benzene rings is 1. The van der Waals surface area contributed by atoms with Crippen molar-refractivity contribution in [2.45, 2.75) is 31.4 Å². The van der Waals surface area contributed by atoms with Gasteiger partial charge in [0.2, 0.25) is 0 Å². The monoisotopic (exact) mass is 392 g/mol. The van der Waals surface area contributed by atoms with E-state index in [4.69, 9.17) is 17.0 Å². The number of nitrogens with zero attached hydrogens (tertiary/aromatic N) is 1. The first-order valence-corrected chi connectivity index (χ1v) is 7.71. The maximum Gasteiger partial charge on any atom is 0.178 e. The fourth-order valence-electron chi connectivity index (χ4n) is 2.85. The maximum atomic E-state index is 13.8. The fraction of sp³-hybridized carbons (Fsp3) is 0.462. The summed E-state index contributed by atoms with van der Waals surface area (Å²) in [7, 11) is 1.74. The van der Waals surface area contributed by atoms with Crippen molar-refractivity contribution in [3.8, 4) is 0 Å². The Hall–Kier alpha value is -0.470. The maximum absolute atomic E-state index is 13.8. The molecule has 0 amide bonds. The topological polar surface area (TPSA) is 29.9 Å². The van der Waals surface area contributed by atoms with Crippen molar-refractivity contribution >= 4 is 45.8 Å². The molecule has 2 unspecified atom stereocenters. The van der Waals surface area contributed by atoms with Gasteiger partial charge in [0, 0.05) is 19.2 Å². The highest BCUT2D eigenvalue weighted by atomic mass is 127. The molecule has 6 heteroatoms. The van der Waals surface area contributed by atoms with E-state index in [0.29, 0.717) is 14.4 Å². The molecule has 1 aliphatic carbocycles. The Morgan fingerprint density at radius 1 is 1.47 bits per heavy atom. The summed E-state index contributed by atoms with van der Waals surface area (Å²) in [6.07, 6.45) is 3.27. The second-order valence-electron chi connectivity index (χ2n) is 4.91. The molecule has 0 bridgehead atoms. The van der Waals surface area contributed by atoms with Crippen LogP contribution in [0.5, 0.6) is 0 Å². The Morgan fingerprint density at radius 2 is 2.26 bits per heavy atom. The van der Waals surface area contributed by atoms with Crippen LogP contribution in [0, 0.1) is 14.2 Å². The fourth-order valence-corrected chi connectivity index (χ4v) is 3.67. The molecule has 1 heterocycles. The van der Waals surface area contributed by atoms with Crippen molar-refractivity contribution in [1.29, 1.82) is 0 Å². The van der Waals surface area contributed by atoms with Crippen LogP contribution in [0.4, 0.5) is 4.39 Å². The molecule has 1 saturated carbocycles. The summed E-state index contributed by atoms with van der Waals surface area (Å²) in [5, 5.41) is 0. The number of hydrogen-bond acceptors (Lipinski definition) is 2. The lowest BCUT2D eigenvalue weighted by molar-refractivity contribution is 0.106. The SMILES string of the molecule is COC1CCC(n2c(=S)[nH]c3cc(I)c(F)cc32)C1. The van der Waals surface area contributed by atoms with Crippen LogP contribution in [-0.4, -0.2) is 22.8 Å². The van der Waals surface area contributed by atoms with Crippen molar-refractivity contribution in [3.63, 3.8) is 0 Å². The molecule has 1 fully saturated rings. The van der Waals surface area contributed by atoms with Crippen LogP contribution in [-0.2, 0) is 4.74 Å². The average molecular weight is 392 g/mol. The molecule has 19 heavy (non-hydrogen) atoms. The van der Waals surface area contributed by atoms with E-state index in [1.165, 1.54) is 0 Å². The third-order valence-corrected chi connectivity index (χ3v) is 4.94. The lowest BCUT2D eigenvalue weighted by Crippen LogP contribution is -2.09. The van der Waals surface area contributed by atoms with Gasteiger partial charge in [-0.05, 0) is 60.1 Å². The zero-order chi connectivity index (χ0) is 13.6. The molecule has 102 valence electrons. The standard InChI is InChI=1S/C13H14FIN2OS/c1-18-8-3-2-7(4-8)17-12-5-9(14)10(15)6-11(12)16-13(17)19/h5-8H,2-4H2,1H3,(H,16,19). The van der Waals surface area contributed by atoms with Gasteiger partial charge >= 0.3 is 0 Å². The number of fused-ring (bicyclic) bond motifs is 1. The number of rotatable bonds is 2. The first kappa shape index (κ1) is 13.5. The highest BCUT2D eigenvalue weighted by Gasteiger charge is 2.27. The molecule has 0 aliphatic heterocycles. The van der Waals surface area contributed by atoms with Crippen LogP contribution in [0.25, 0.3) is 11.0 Å². The van der Waals surface area contributed by atoms with Gasteiger partial charge in [0.25, 0.3) is 0 Å². The Morgan fingerprint density at radius 3 is 2.95 bits per heavy atom. The van der Waals surface area contributed by atoms with E-state index in [9.17, 15) is 4.39 Å². The summed E-state index contributed by atoms with van der Waals surface area (Å²) in [4.78, 5) is 3.17. The Bertz CT molecular complexity index is 681. The molecule has 2 aromatic rings. The average Bonchev–Trinajstić information content (AvgIpc) is 2.94. The summed E-state index contributed by atoms with van der Waals surface area (Å²) in [6, 6.07) is 3.68. The normalized spacial score (nSPS) is 23.3. The minimum Gasteiger partial charge on any atom is -0.381 e. The van der Waals surface area contributed by atoms with Gasteiger partial charge in [-0.25, -0.2) is 4.39 Å².